The van der Waals surface area contributed by atoms with Crippen molar-refractivity contribution in [3.05, 3.63) is 47.5 Å². The lowest BCUT2D eigenvalue weighted by molar-refractivity contribution is 0.108. The topological polar surface area (TPSA) is 92.5 Å². The minimum atomic E-state index is -3.58. The first-order valence-corrected chi connectivity index (χ1v) is 12.1. The predicted molar refractivity (Wildman–Crippen MR) is 116 cm³/mol. The summed E-state index contributed by atoms with van der Waals surface area (Å²) < 4.78 is 28.1. The van der Waals surface area contributed by atoms with Crippen LogP contribution in [0.15, 0.2) is 36.9 Å². The molecule has 1 aliphatic carbocycles. The second-order valence-corrected chi connectivity index (χ2v) is 10.6. The molecule has 2 fully saturated rings. The van der Waals surface area contributed by atoms with Gasteiger partial charge in [0.2, 0.25) is 10.0 Å². The number of piperidine rings is 1. The minimum absolute atomic E-state index is 0.236. The van der Waals surface area contributed by atoms with Crippen molar-refractivity contribution < 1.29 is 13.2 Å². The summed E-state index contributed by atoms with van der Waals surface area (Å²) in [7, 11) is -3.58. The summed E-state index contributed by atoms with van der Waals surface area (Å²) in [6.07, 6.45) is 8.01. The molecule has 29 heavy (non-hydrogen) atoms. The number of halogens is 1. The summed E-state index contributed by atoms with van der Waals surface area (Å²) in [6, 6.07) is 6.35. The molecule has 0 spiro atoms. The summed E-state index contributed by atoms with van der Waals surface area (Å²) >= 11 is 5.94. The van der Waals surface area contributed by atoms with Gasteiger partial charge in [0.25, 0.3) is 0 Å². The smallest absolute Gasteiger partial charge is 0.312 e. The van der Waals surface area contributed by atoms with E-state index in [1.807, 2.05) is 0 Å². The lowest BCUT2D eigenvalue weighted by atomic mass is 9.69. The van der Waals surface area contributed by atoms with Crippen LogP contribution in [-0.4, -0.2) is 37.4 Å². The fourth-order valence-corrected chi connectivity index (χ4v) is 6.88. The molecule has 1 saturated carbocycles. The van der Waals surface area contributed by atoms with Crippen LogP contribution in [-0.2, 0) is 10.0 Å². The molecular formula is C21H30ClN3O3S. The lowest BCUT2D eigenvalue weighted by Crippen LogP contribution is -2.58. The van der Waals surface area contributed by atoms with E-state index >= 15 is 0 Å². The Hall–Kier alpha value is -1.57. The SMILES string of the molecule is C=CC(c1ccc(Cl)cc1)S(=O)(=O)N1CCC(C2(NC(N)=O)CCCCC2)CC1. The van der Waals surface area contributed by atoms with Crippen molar-refractivity contribution in [1.29, 1.82) is 0 Å². The first kappa shape index (κ1) is 22.1. The van der Waals surface area contributed by atoms with Gasteiger partial charge in [-0.3, -0.25) is 0 Å². The van der Waals surface area contributed by atoms with E-state index in [-0.39, 0.29) is 11.5 Å². The Morgan fingerprint density at radius 1 is 1.21 bits per heavy atom. The molecule has 3 N–H and O–H groups in total. The number of hydrogen-bond donors (Lipinski definition) is 2. The molecule has 1 atom stereocenters. The van der Waals surface area contributed by atoms with E-state index in [9.17, 15) is 13.2 Å². The molecule has 1 unspecified atom stereocenters. The minimum Gasteiger partial charge on any atom is -0.352 e. The van der Waals surface area contributed by atoms with Gasteiger partial charge >= 0.3 is 6.03 Å². The Labute approximate surface area is 178 Å². The zero-order chi connectivity index (χ0) is 21.1. The van der Waals surface area contributed by atoms with Crippen molar-refractivity contribution in [3.63, 3.8) is 0 Å². The maximum absolute atomic E-state index is 13.3. The van der Waals surface area contributed by atoms with E-state index in [0.29, 0.717) is 36.5 Å². The molecule has 1 saturated heterocycles. The molecular weight excluding hydrogens is 410 g/mol. The Morgan fingerprint density at radius 2 is 1.79 bits per heavy atom. The molecule has 1 heterocycles. The Kier molecular flexibility index (Phi) is 6.91. The van der Waals surface area contributed by atoms with Crippen LogP contribution in [0.25, 0.3) is 0 Å². The molecule has 1 aromatic rings. The summed E-state index contributed by atoms with van der Waals surface area (Å²) in [4.78, 5) is 11.6. The number of nitrogens with two attached hydrogens (primary N) is 1. The van der Waals surface area contributed by atoms with Crippen LogP contribution < -0.4 is 11.1 Å². The van der Waals surface area contributed by atoms with Gasteiger partial charge in [-0.1, -0.05) is 49.1 Å². The van der Waals surface area contributed by atoms with Crippen LogP contribution in [0.1, 0.15) is 55.8 Å². The number of carbonyl (C=O) groups is 1. The third-order valence-electron chi connectivity index (χ3n) is 6.45. The highest BCUT2D eigenvalue weighted by molar-refractivity contribution is 7.89. The second kappa shape index (κ2) is 9.06. The van der Waals surface area contributed by atoms with Gasteiger partial charge in [0.15, 0.2) is 0 Å². The van der Waals surface area contributed by atoms with Crippen molar-refractivity contribution in [3.8, 4) is 0 Å². The average Bonchev–Trinajstić information content (AvgIpc) is 2.70. The quantitative estimate of drug-likeness (QED) is 0.656. The molecule has 0 aromatic heterocycles. The number of amides is 2. The fraction of sp³-hybridized carbons (Fsp3) is 0.571. The Morgan fingerprint density at radius 3 is 2.31 bits per heavy atom. The van der Waals surface area contributed by atoms with E-state index in [0.717, 1.165) is 32.1 Å². The predicted octanol–water partition coefficient (Wildman–Crippen LogP) is 3.98. The lowest BCUT2D eigenvalue weighted by Gasteiger charge is -2.47. The maximum Gasteiger partial charge on any atom is 0.312 e. The average molecular weight is 440 g/mol. The summed E-state index contributed by atoms with van der Waals surface area (Å²) in [5.41, 5.74) is 5.83. The van der Waals surface area contributed by atoms with Crippen molar-refractivity contribution in [2.75, 3.05) is 13.1 Å². The Balaban J connectivity index is 1.73. The molecule has 1 aromatic carbocycles. The summed E-state index contributed by atoms with van der Waals surface area (Å²) in [5, 5.41) is 2.79. The van der Waals surface area contributed by atoms with Crippen LogP contribution >= 0.6 is 11.6 Å². The van der Waals surface area contributed by atoms with E-state index in [4.69, 9.17) is 17.3 Å². The number of primary amides is 1. The van der Waals surface area contributed by atoms with Crippen LogP contribution in [0.2, 0.25) is 5.02 Å². The van der Waals surface area contributed by atoms with Crippen molar-refractivity contribution in [1.82, 2.24) is 9.62 Å². The monoisotopic (exact) mass is 439 g/mol. The number of nitrogens with one attached hydrogen (secondary N) is 1. The van der Waals surface area contributed by atoms with Gasteiger partial charge in [-0.25, -0.2) is 17.5 Å². The highest BCUT2D eigenvalue weighted by Gasteiger charge is 2.44. The highest BCUT2D eigenvalue weighted by atomic mass is 35.5. The van der Waals surface area contributed by atoms with E-state index in [2.05, 4.69) is 11.9 Å². The third-order valence-corrected chi connectivity index (χ3v) is 8.89. The van der Waals surface area contributed by atoms with E-state index in [1.165, 1.54) is 6.08 Å². The van der Waals surface area contributed by atoms with E-state index < -0.39 is 21.3 Å². The molecule has 6 nitrogen and oxygen atoms in total. The van der Waals surface area contributed by atoms with Gasteiger partial charge in [0, 0.05) is 23.7 Å². The van der Waals surface area contributed by atoms with Gasteiger partial charge in [0.1, 0.15) is 5.25 Å². The summed E-state index contributed by atoms with van der Waals surface area (Å²) in [5.74, 6) is 0.236. The van der Waals surface area contributed by atoms with Gasteiger partial charge in [0.05, 0.1) is 0 Å². The number of sulfonamides is 1. The molecule has 8 heteroatoms. The molecule has 2 amide bonds. The first-order chi connectivity index (χ1) is 13.8. The number of carbonyl (C=O) groups excluding carboxylic acids is 1. The van der Waals surface area contributed by atoms with Crippen LogP contribution in [0, 0.1) is 5.92 Å². The van der Waals surface area contributed by atoms with Gasteiger partial charge in [-0.2, -0.15) is 0 Å². The highest BCUT2D eigenvalue weighted by Crippen LogP contribution is 2.41. The normalized spacial score (nSPS) is 22.0. The van der Waals surface area contributed by atoms with Crippen LogP contribution in [0.4, 0.5) is 4.79 Å². The summed E-state index contributed by atoms with van der Waals surface area (Å²) in [6.45, 7) is 4.63. The number of urea groups is 1. The second-order valence-electron chi connectivity index (χ2n) is 8.13. The van der Waals surface area contributed by atoms with Gasteiger partial charge in [-0.05, 0) is 49.3 Å². The Bertz CT molecular complexity index is 827. The van der Waals surface area contributed by atoms with Crippen LogP contribution in [0.5, 0.6) is 0 Å². The van der Waals surface area contributed by atoms with Gasteiger partial charge < -0.3 is 11.1 Å². The standard InChI is InChI=1S/C21H30ClN3O3S/c1-2-19(16-6-8-18(22)9-7-16)29(27,28)25-14-10-17(11-15-25)21(24-20(23)26)12-4-3-5-13-21/h2,6-9,17,19H,1,3-5,10-15H2,(H3,23,24,26). The maximum atomic E-state index is 13.3. The molecule has 0 bridgehead atoms. The van der Waals surface area contributed by atoms with Crippen molar-refractivity contribution in [2.24, 2.45) is 11.7 Å². The zero-order valence-electron chi connectivity index (χ0n) is 16.6. The number of benzene rings is 1. The largest absolute Gasteiger partial charge is 0.352 e. The number of rotatable bonds is 6. The zero-order valence-corrected chi connectivity index (χ0v) is 18.2. The van der Waals surface area contributed by atoms with E-state index in [1.54, 1.807) is 28.6 Å². The molecule has 1 aliphatic heterocycles. The van der Waals surface area contributed by atoms with Crippen LogP contribution in [0.3, 0.4) is 0 Å². The number of hydrogen-bond acceptors (Lipinski definition) is 3. The molecule has 0 radical (unpaired) electrons. The van der Waals surface area contributed by atoms with Crippen molar-refractivity contribution >= 4 is 27.7 Å². The third kappa shape index (κ3) is 4.78. The van der Waals surface area contributed by atoms with Crippen molar-refractivity contribution in [2.45, 2.75) is 55.7 Å². The number of nitrogens with zero attached hydrogens (tertiary/aromatic N) is 1. The fourth-order valence-electron chi connectivity index (χ4n) is 4.97. The molecule has 2 aliphatic rings. The molecule has 3 rings (SSSR count). The first-order valence-electron chi connectivity index (χ1n) is 10.2. The molecule has 160 valence electrons. The van der Waals surface area contributed by atoms with Gasteiger partial charge in [-0.15, -0.1) is 6.58 Å².